The molecule has 2 fully saturated rings. The number of hydrogen-bond donors (Lipinski definition) is 0. The topological polar surface area (TPSA) is 66.2 Å². The van der Waals surface area contributed by atoms with Gasteiger partial charge < -0.3 is 24.3 Å². The summed E-state index contributed by atoms with van der Waals surface area (Å²) in [6.07, 6.45) is 2.09. The summed E-state index contributed by atoms with van der Waals surface area (Å²) in [7, 11) is 2.06. The number of carbonyl (C=O) groups is 1. The largest absolute Gasteiger partial charge is 0.462 e. The van der Waals surface area contributed by atoms with Crippen molar-refractivity contribution in [2.24, 2.45) is 0 Å². The highest BCUT2D eigenvalue weighted by Gasteiger charge is 2.35. The Bertz CT molecular complexity index is 1770. The first-order valence-electron chi connectivity index (χ1n) is 14.0. The third-order valence-corrected chi connectivity index (χ3v) is 9.24. The summed E-state index contributed by atoms with van der Waals surface area (Å²) in [5.74, 6) is -2.16. The van der Waals surface area contributed by atoms with Crippen molar-refractivity contribution in [1.29, 1.82) is 0 Å². The lowest BCUT2D eigenvalue weighted by Gasteiger charge is -2.39. The predicted molar refractivity (Wildman–Crippen MR) is 161 cm³/mol. The van der Waals surface area contributed by atoms with E-state index < -0.39 is 28.7 Å². The first kappa shape index (κ1) is 28.9. The van der Waals surface area contributed by atoms with Gasteiger partial charge in [-0.3, -0.25) is 4.79 Å². The van der Waals surface area contributed by atoms with Crippen LogP contribution < -0.4 is 9.64 Å². The SMILES string of the molecule is [C-]#[N+]C[C@H]1CN(c2nc(OC[C@@H]3CCCN3C)nc3cc(-c4cccc5c(F)c(F)sc45)ccc23)CCN1C(=O)C(=C)F. The van der Waals surface area contributed by atoms with Crippen molar-refractivity contribution in [1.82, 2.24) is 19.8 Å². The second-order valence-electron chi connectivity index (χ2n) is 10.9. The molecule has 6 rings (SSSR count). The van der Waals surface area contributed by atoms with Crippen LogP contribution in [0.2, 0.25) is 0 Å². The Labute approximate surface area is 250 Å². The van der Waals surface area contributed by atoms with Gasteiger partial charge >= 0.3 is 6.01 Å². The van der Waals surface area contributed by atoms with Crippen LogP contribution in [0.3, 0.4) is 0 Å². The average molecular weight is 607 g/mol. The van der Waals surface area contributed by atoms with Gasteiger partial charge in [-0.25, -0.2) is 15.4 Å². The molecule has 0 bridgehead atoms. The molecule has 0 aliphatic carbocycles. The first-order valence-corrected chi connectivity index (χ1v) is 14.8. The Balaban J connectivity index is 1.41. The Morgan fingerprint density at radius 3 is 2.74 bits per heavy atom. The molecule has 0 radical (unpaired) electrons. The van der Waals surface area contributed by atoms with Crippen LogP contribution in [-0.4, -0.2) is 84.1 Å². The second-order valence-corrected chi connectivity index (χ2v) is 11.8. The van der Waals surface area contributed by atoms with Crippen LogP contribution in [0.15, 0.2) is 48.8 Å². The highest BCUT2D eigenvalue weighted by molar-refractivity contribution is 7.18. The van der Waals surface area contributed by atoms with Crippen LogP contribution in [0.5, 0.6) is 6.01 Å². The zero-order valence-corrected chi connectivity index (χ0v) is 24.3. The van der Waals surface area contributed by atoms with Crippen LogP contribution in [0.1, 0.15) is 12.8 Å². The number of carbonyl (C=O) groups excluding carboxylic acids is 1. The Hall–Kier alpha value is -4.21. The van der Waals surface area contributed by atoms with Gasteiger partial charge in [0.2, 0.25) is 11.7 Å². The third-order valence-electron chi connectivity index (χ3n) is 8.24. The van der Waals surface area contributed by atoms with E-state index in [1.807, 2.05) is 29.2 Å². The molecule has 2 aromatic heterocycles. The number of nitrogens with zero attached hydrogens (tertiary/aromatic N) is 6. The molecule has 12 heteroatoms. The molecule has 4 aromatic rings. The Kier molecular flexibility index (Phi) is 7.94. The smallest absolute Gasteiger partial charge is 0.319 e. The zero-order valence-electron chi connectivity index (χ0n) is 23.5. The van der Waals surface area contributed by atoms with Crippen molar-refractivity contribution >= 4 is 44.1 Å². The number of ether oxygens (including phenoxy) is 1. The van der Waals surface area contributed by atoms with E-state index in [9.17, 15) is 18.0 Å². The number of likely N-dealkylation sites (tertiary alicyclic amines) is 1. The summed E-state index contributed by atoms with van der Waals surface area (Å²) in [6, 6.07) is 10.5. The lowest BCUT2D eigenvalue weighted by molar-refractivity contribution is -0.131. The van der Waals surface area contributed by atoms with Crippen LogP contribution >= 0.6 is 11.3 Å². The van der Waals surface area contributed by atoms with Gasteiger partial charge in [-0.15, -0.1) is 11.3 Å². The standard InChI is InChI=1S/C31H29F3N6O2S/c1-18(32)30(41)40-13-12-39(16-21(40)15-35-2)29-23-10-9-19(22-7-4-8-24-26(33)28(34)43-27(22)24)14-25(23)36-31(37-29)42-17-20-6-5-11-38(20)3/h4,7-10,14,20-21H,1,5-6,11-13,15-17H2,3H3/t20-,21-/m0/s1. The van der Waals surface area contributed by atoms with E-state index in [0.717, 1.165) is 36.3 Å². The molecule has 0 N–H and O–H groups in total. The fourth-order valence-corrected chi connectivity index (χ4v) is 6.89. The molecule has 0 unspecified atom stereocenters. The van der Waals surface area contributed by atoms with Gasteiger partial charge in [0, 0.05) is 41.1 Å². The number of halogens is 3. The number of thiophene rings is 1. The van der Waals surface area contributed by atoms with Gasteiger partial charge in [-0.2, -0.15) is 14.4 Å². The molecule has 2 saturated heterocycles. The van der Waals surface area contributed by atoms with E-state index in [1.165, 1.54) is 4.90 Å². The number of benzene rings is 2. The predicted octanol–water partition coefficient (Wildman–Crippen LogP) is 5.68. The van der Waals surface area contributed by atoms with Gasteiger partial charge in [0.05, 0.1) is 5.52 Å². The van der Waals surface area contributed by atoms with Gasteiger partial charge in [-0.05, 0) is 49.7 Å². The third kappa shape index (κ3) is 5.50. The maximum atomic E-state index is 14.4. The molecular weight excluding hydrogens is 577 g/mol. The summed E-state index contributed by atoms with van der Waals surface area (Å²) in [4.78, 5) is 31.0. The monoisotopic (exact) mass is 606 g/mol. The number of likely N-dealkylation sites (N-methyl/N-ethyl adjacent to an activating group) is 1. The molecule has 2 aromatic carbocycles. The van der Waals surface area contributed by atoms with Gasteiger partial charge in [0.15, 0.2) is 11.6 Å². The highest BCUT2D eigenvalue weighted by Crippen LogP contribution is 2.38. The number of rotatable bonds is 7. The van der Waals surface area contributed by atoms with Crippen LogP contribution in [0.4, 0.5) is 19.0 Å². The number of aromatic nitrogens is 2. The number of piperazine rings is 1. The lowest BCUT2D eigenvalue weighted by Crippen LogP contribution is -2.56. The van der Waals surface area contributed by atoms with Gasteiger partial charge in [0.1, 0.15) is 18.5 Å². The molecular formula is C31H29F3N6O2S. The Morgan fingerprint density at radius 2 is 2.00 bits per heavy atom. The lowest BCUT2D eigenvalue weighted by atomic mass is 10.0. The molecule has 8 nitrogen and oxygen atoms in total. The fourth-order valence-electron chi connectivity index (χ4n) is 5.95. The van der Waals surface area contributed by atoms with Gasteiger partial charge in [-0.1, -0.05) is 30.8 Å². The molecule has 2 aliphatic rings. The van der Waals surface area contributed by atoms with Crippen molar-refractivity contribution in [3.8, 4) is 17.1 Å². The van der Waals surface area contributed by atoms with Crippen molar-refractivity contribution < 1.29 is 22.7 Å². The van der Waals surface area contributed by atoms with E-state index in [2.05, 4.69) is 23.4 Å². The van der Waals surface area contributed by atoms with Crippen molar-refractivity contribution in [3.05, 3.63) is 71.2 Å². The number of anilines is 1. The van der Waals surface area contributed by atoms with Crippen LogP contribution in [-0.2, 0) is 4.79 Å². The molecule has 2 atom stereocenters. The summed E-state index contributed by atoms with van der Waals surface area (Å²) < 4.78 is 49.0. The molecule has 222 valence electrons. The molecule has 4 heterocycles. The minimum Gasteiger partial charge on any atom is -0.462 e. The fraction of sp³-hybridized carbons (Fsp3) is 0.355. The quantitative estimate of drug-likeness (QED) is 0.199. The minimum absolute atomic E-state index is 0.00199. The highest BCUT2D eigenvalue weighted by atomic mass is 32.1. The molecule has 2 aliphatic heterocycles. The zero-order chi connectivity index (χ0) is 30.2. The number of hydrogen-bond acceptors (Lipinski definition) is 7. The molecule has 0 saturated carbocycles. The molecule has 1 amide bonds. The van der Waals surface area contributed by atoms with E-state index in [0.29, 0.717) is 40.1 Å². The minimum atomic E-state index is -1.06. The van der Waals surface area contributed by atoms with Gasteiger partial charge in [0.25, 0.3) is 5.91 Å². The van der Waals surface area contributed by atoms with E-state index in [-0.39, 0.29) is 37.1 Å². The summed E-state index contributed by atoms with van der Waals surface area (Å²) in [6.45, 7) is 12.7. The normalized spacial score (nSPS) is 19.2. The molecule has 0 spiro atoms. The first-order chi connectivity index (χ1) is 20.7. The van der Waals surface area contributed by atoms with E-state index in [4.69, 9.17) is 21.3 Å². The summed E-state index contributed by atoms with van der Waals surface area (Å²) in [5, 5.41) is 0.0757. The maximum absolute atomic E-state index is 14.4. The average Bonchev–Trinajstić information content (AvgIpc) is 3.55. The van der Waals surface area contributed by atoms with Crippen molar-refractivity contribution in [3.63, 3.8) is 0 Å². The van der Waals surface area contributed by atoms with E-state index >= 15 is 0 Å². The number of fused-ring (bicyclic) bond motifs is 2. The maximum Gasteiger partial charge on any atom is 0.319 e. The van der Waals surface area contributed by atoms with Crippen molar-refractivity contribution in [2.45, 2.75) is 24.9 Å². The summed E-state index contributed by atoms with van der Waals surface area (Å²) in [5.41, 5.74) is 1.98. The number of amides is 1. The molecule has 43 heavy (non-hydrogen) atoms. The van der Waals surface area contributed by atoms with Crippen LogP contribution in [0.25, 0.3) is 37.0 Å². The summed E-state index contributed by atoms with van der Waals surface area (Å²) >= 11 is 0.765. The Morgan fingerprint density at radius 1 is 1.16 bits per heavy atom. The van der Waals surface area contributed by atoms with Crippen LogP contribution in [0, 0.1) is 17.5 Å². The second kappa shape index (κ2) is 11.8. The van der Waals surface area contributed by atoms with Crippen molar-refractivity contribution in [2.75, 3.05) is 51.3 Å². The van der Waals surface area contributed by atoms with E-state index in [1.54, 1.807) is 12.1 Å².